The van der Waals surface area contributed by atoms with Crippen LogP contribution in [0.2, 0.25) is 5.02 Å². The average Bonchev–Trinajstić information content (AvgIpc) is 2.04. The first kappa shape index (κ1) is 8.08. The number of carbonyl (C=O) groups is 1. The summed E-state index contributed by atoms with van der Waals surface area (Å²) in [5.74, 6) is 0. The quantitative estimate of drug-likeness (QED) is 0.649. The van der Waals surface area contributed by atoms with Crippen molar-refractivity contribution in [2.45, 2.75) is 6.61 Å². The normalized spacial score (nSPS) is 9.18. The number of rotatable bonds is 3. The lowest BCUT2D eigenvalue weighted by Crippen LogP contribution is -1.88. The maximum Gasteiger partial charge on any atom is 0.293 e. The van der Waals surface area contributed by atoms with E-state index in [1.165, 1.54) is 0 Å². The minimum Gasteiger partial charge on any atom is -0.463 e. The van der Waals surface area contributed by atoms with Gasteiger partial charge in [-0.15, -0.1) is 0 Å². The van der Waals surface area contributed by atoms with Crippen LogP contribution in [0.1, 0.15) is 5.56 Å². The zero-order valence-corrected chi connectivity index (χ0v) is 6.54. The second-order valence-corrected chi connectivity index (χ2v) is 2.47. The van der Waals surface area contributed by atoms with Crippen molar-refractivity contribution in [3.05, 3.63) is 34.9 Å². The van der Waals surface area contributed by atoms with Gasteiger partial charge >= 0.3 is 0 Å². The Morgan fingerprint density at radius 2 is 2.00 bits per heavy atom. The molecule has 0 fully saturated rings. The first-order chi connectivity index (χ1) is 5.33. The predicted molar refractivity (Wildman–Crippen MR) is 42.3 cm³/mol. The van der Waals surface area contributed by atoms with E-state index in [9.17, 15) is 4.79 Å². The zero-order valence-electron chi connectivity index (χ0n) is 5.79. The molecule has 1 aromatic rings. The van der Waals surface area contributed by atoms with Crippen LogP contribution in [0, 0.1) is 0 Å². The van der Waals surface area contributed by atoms with Crippen molar-refractivity contribution in [3.63, 3.8) is 0 Å². The summed E-state index contributed by atoms with van der Waals surface area (Å²) in [6.07, 6.45) is 0. The van der Waals surface area contributed by atoms with Gasteiger partial charge < -0.3 is 4.74 Å². The molecule has 58 valence electrons. The molecule has 3 heteroatoms. The summed E-state index contributed by atoms with van der Waals surface area (Å²) in [6.45, 7) is 0.731. The van der Waals surface area contributed by atoms with Crippen LogP contribution >= 0.6 is 11.6 Å². The Morgan fingerprint density at radius 3 is 2.55 bits per heavy atom. The first-order valence-corrected chi connectivity index (χ1v) is 3.50. The summed E-state index contributed by atoms with van der Waals surface area (Å²) < 4.78 is 4.54. The van der Waals surface area contributed by atoms with Crippen molar-refractivity contribution in [2.24, 2.45) is 0 Å². The number of ether oxygens (including phenoxy) is 1. The van der Waals surface area contributed by atoms with Crippen LogP contribution in [-0.2, 0) is 16.1 Å². The van der Waals surface area contributed by atoms with Gasteiger partial charge in [-0.3, -0.25) is 4.79 Å². The highest BCUT2D eigenvalue weighted by atomic mass is 35.5. The molecule has 1 aromatic carbocycles. The fourth-order valence-electron chi connectivity index (χ4n) is 0.711. The van der Waals surface area contributed by atoms with Gasteiger partial charge in [0.25, 0.3) is 6.47 Å². The second-order valence-electron chi connectivity index (χ2n) is 2.03. The van der Waals surface area contributed by atoms with Crippen molar-refractivity contribution in [1.29, 1.82) is 0 Å². The van der Waals surface area contributed by atoms with Crippen LogP contribution in [0.25, 0.3) is 0 Å². The molecule has 0 N–H and O–H groups in total. The molecule has 0 saturated carbocycles. The Morgan fingerprint density at radius 1 is 1.36 bits per heavy atom. The van der Waals surface area contributed by atoms with Crippen LogP contribution in [0.3, 0.4) is 0 Å². The largest absolute Gasteiger partial charge is 0.463 e. The molecule has 0 saturated heterocycles. The molecule has 0 aliphatic heterocycles. The van der Waals surface area contributed by atoms with E-state index in [-0.39, 0.29) is 0 Å². The fourth-order valence-corrected chi connectivity index (χ4v) is 0.837. The van der Waals surface area contributed by atoms with Crippen LogP contribution in [0.5, 0.6) is 0 Å². The van der Waals surface area contributed by atoms with Gasteiger partial charge in [0.15, 0.2) is 0 Å². The molecular formula is C8H7ClO2. The minimum atomic E-state index is 0.306. The summed E-state index contributed by atoms with van der Waals surface area (Å²) in [5, 5.41) is 0.680. The Labute approximate surface area is 69.7 Å². The van der Waals surface area contributed by atoms with Gasteiger partial charge in [0.2, 0.25) is 0 Å². The third-order valence-electron chi connectivity index (χ3n) is 1.23. The Hall–Kier alpha value is -1.02. The van der Waals surface area contributed by atoms with Crippen LogP contribution < -0.4 is 0 Å². The molecule has 0 atom stereocenters. The van der Waals surface area contributed by atoms with Gasteiger partial charge in [0, 0.05) is 5.02 Å². The van der Waals surface area contributed by atoms with Crippen molar-refractivity contribution in [3.8, 4) is 0 Å². The molecule has 0 amide bonds. The second kappa shape index (κ2) is 3.98. The van der Waals surface area contributed by atoms with E-state index >= 15 is 0 Å². The summed E-state index contributed by atoms with van der Waals surface area (Å²) >= 11 is 5.64. The molecule has 0 aliphatic rings. The number of benzene rings is 1. The van der Waals surface area contributed by atoms with Gasteiger partial charge in [0.1, 0.15) is 6.61 Å². The lowest BCUT2D eigenvalue weighted by Gasteiger charge is -1.97. The highest BCUT2D eigenvalue weighted by molar-refractivity contribution is 6.30. The topological polar surface area (TPSA) is 26.3 Å². The number of halogens is 1. The zero-order chi connectivity index (χ0) is 8.10. The highest BCUT2D eigenvalue weighted by Crippen LogP contribution is 2.09. The maximum atomic E-state index is 9.80. The Kier molecular flexibility index (Phi) is 2.93. The molecule has 0 heterocycles. The summed E-state index contributed by atoms with van der Waals surface area (Å²) in [5.41, 5.74) is 0.932. The van der Waals surface area contributed by atoms with Crippen LogP contribution in [0.15, 0.2) is 24.3 Å². The van der Waals surface area contributed by atoms with Gasteiger partial charge in [-0.25, -0.2) is 0 Å². The Balaban J connectivity index is 2.58. The molecule has 1 rings (SSSR count). The molecule has 0 radical (unpaired) electrons. The van der Waals surface area contributed by atoms with Gasteiger partial charge in [-0.05, 0) is 17.7 Å². The fraction of sp³-hybridized carbons (Fsp3) is 0.125. The number of carbonyl (C=O) groups excluding carboxylic acids is 1. The molecule has 0 aromatic heterocycles. The average molecular weight is 171 g/mol. The molecule has 0 aliphatic carbocycles. The molecule has 11 heavy (non-hydrogen) atoms. The van der Waals surface area contributed by atoms with E-state index in [0.29, 0.717) is 18.1 Å². The minimum absolute atomic E-state index is 0.306. The van der Waals surface area contributed by atoms with E-state index in [1.807, 2.05) is 12.1 Å². The summed E-state index contributed by atoms with van der Waals surface area (Å²) in [4.78, 5) is 9.80. The smallest absolute Gasteiger partial charge is 0.293 e. The van der Waals surface area contributed by atoms with Crippen molar-refractivity contribution in [2.75, 3.05) is 0 Å². The van der Waals surface area contributed by atoms with Gasteiger partial charge in [0.05, 0.1) is 0 Å². The van der Waals surface area contributed by atoms with E-state index in [0.717, 1.165) is 5.56 Å². The first-order valence-electron chi connectivity index (χ1n) is 3.12. The highest BCUT2D eigenvalue weighted by Gasteiger charge is 1.91. The summed E-state index contributed by atoms with van der Waals surface area (Å²) in [7, 11) is 0. The third kappa shape index (κ3) is 2.60. The van der Waals surface area contributed by atoms with Crippen molar-refractivity contribution < 1.29 is 9.53 Å². The van der Waals surface area contributed by atoms with Crippen LogP contribution in [0.4, 0.5) is 0 Å². The maximum absolute atomic E-state index is 9.80. The lowest BCUT2D eigenvalue weighted by atomic mass is 10.2. The number of hydrogen-bond donors (Lipinski definition) is 0. The predicted octanol–water partition coefficient (Wildman–Crippen LogP) is 2.01. The SMILES string of the molecule is O=COCc1ccc(Cl)cc1. The lowest BCUT2D eigenvalue weighted by molar-refractivity contribution is -0.129. The van der Waals surface area contributed by atoms with Crippen molar-refractivity contribution >= 4 is 18.1 Å². The van der Waals surface area contributed by atoms with E-state index in [2.05, 4.69) is 4.74 Å². The van der Waals surface area contributed by atoms with E-state index < -0.39 is 0 Å². The number of hydrogen-bond acceptors (Lipinski definition) is 2. The summed E-state index contributed by atoms with van der Waals surface area (Å²) in [6, 6.07) is 7.13. The van der Waals surface area contributed by atoms with Crippen molar-refractivity contribution in [1.82, 2.24) is 0 Å². The molecule has 2 nitrogen and oxygen atoms in total. The molecular weight excluding hydrogens is 164 g/mol. The molecule has 0 spiro atoms. The molecule has 0 bridgehead atoms. The van der Waals surface area contributed by atoms with E-state index in [4.69, 9.17) is 11.6 Å². The van der Waals surface area contributed by atoms with Crippen LogP contribution in [-0.4, -0.2) is 6.47 Å². The standard InChI is InChI=1S/C8H7ClO2/c9-8-3-1-7(2-4-8)5-11-6-10/h1-4,6H,5H2. The van der Waals surface area contributed by atoms with Gasteiger partial charge in [-0.2, -0.15) is 0 Å². The van der Waals surface area contributed by atoms with Gasteiger partial charge in [-0.1, -0.05) is 23.7 Å². The Bertz CT molecular complexity index is 230. The molecule has 0 unspecified atom stereocenters. The van der Waals surface area contributed by atoms with E-state index in [1.54, 1.807) is 12.1 Å². The third-order valence-corrected chi connectivity index (χ3v) is 1.48. The monoisotopic (exact) mass is 170 g/mol.